The van der Waals surface area contributed by atoms with Crippen LogP contribution in [0.15, 0.2) is 18.2 Å². The van der Waals surface area contributed by atoms with Crippen molar-refractivity contribution in [1.29, 1.82) is 0 Å². The Balaban J connectivity index is 2.22. The number of ether oxygens (including phenoxy) is 2. The molecule has 0 fully saturated rings. The number of carbonyl (C=O) groups is 2. The Morgan fingerprint density at radius 3 is 2.44 bits per heavy atom. The molecule has 0 saturated heterocycles. The van der Waals surface area contributed by atoms with Crippen molar-refractivity contribution in [2.45, 2.75) is 52.7 Å². The van der Waals surface area contributed by atoms with E-state index in [9.17, 15) is 9.59 Å². The highest BCUT2D eigenvalue weighted by Crippen LogP contribution is 2.35. The Morgan fingerprint density at radius 1 is 1.19 bits per heavy atom. The first-order valence-electron chi connectivity index (χ1n) is 10.2. The fraction of sp³-hybridized carbons (Fsp3) is 0.500. The maximum atomic E-state index is 12.2. The number of thiazole rings is 1. The number of methoxy groups -OCH3 is 1. The van der Waals surface area contributed by atoms with Gasteiger partial charge < -0.3 is 20.1 Å². The summed E-state index contributed by atoms with van der Waals surface area (Å²) in [6.07, 6.45) is 0.122. The van der Waals surface area contributed by atoms with Crippen LogP contribution < -0.4 is 10.6 Å². The lowest BCUT2D eigenvalue weighted by molar-refractivity contribution is -0.142. The molecule has 1 heterocycles. The van der Waals surface area contributed by atoms with Crippen molar-refractivity contribution in [2.75, 3.05) is 19.0 Å². The predicted octanol–water partition coefficient (Wildman–Crippen LogP) is 5.79. The number of benzene rings is 1. The van der Waals surface area contributed by atoms with Crippen LogP contribution in [0.5, 0.6) is 0 Å². The van der Waals surface area contributed by atoms with E-state index >= 15 is 0 Å². The van der Waals surface area contributed by atoms with Crippen LogP contribution in [-0.4, -0.2) is 42.3 Å². The molecule has 7 nitrogen and oxygen atoms in total. The fourth-order valence-corrected chi connectivity index (χ4v) is 4.28. The molecule has 0 saturated carbocycles. The van der Waals surface area contributed by atoms with Gasteiger partial charge in [0, 0.05) is 17.0 Å². The minimum absolute atomic E-state index is 0.0847. The maximum Gasteiger partial charge on any atom is 0.408 e. The van der Waals surface area contributed by atoms with Gasteiger partial charge in [0.1, 0.15) is 11.6 Å². The molecule has 0 spiro atoms. The average molecular weight is 502 g/mol. The van der Waals surface area contributed by atoms with Crippen molar-refractivity contribution in [3.8, 4) is 11.3 Å². The second kappa shape index (κ2) is 11.2. The van der Waals surface area contributed by atoms with E-state index in [1.165, 1.54) is 18.4 Å². The Hall–Kier alpha value is -2.03. The number of amides is 1. The van der Waals surface area contributed by atoms with E-state index in [0.29, 0.717) is 21.1 Å². The van der Waals surface area contributed by atoms with Crippen LogP contribution in [0.4, 0.5) is 9.93 Å². The van der Waals surface area contributed by atoms with Crippen molar-refractivity contribution in [3.63, 3.8) is 0 Å². The molecular formula is C22H29Cl2N3O4S. The molecule has 2 N–H and O–H groups in total. The molecule has 1 amide bonds. The molecule has 2 rings (SSSR count). The van der Waals surface area contributed by atoms with Crippen LogP contribution in [0.2, 0.25) is 10.0 Å². The number of anilines is 1. The zero-order valence-corrected chi connectivity index (χ0v) is 21.4. The summed E-state index contributed by atoms with van der Waals surface area (Å²) in [6, 6.07) is 4.45. The van der Waals surface area contributed by atoms with Crippen LogP contribution >= 0.6 is 34.5 Å². The maximum absolute atomic E-state index is 12.2. The fourth-order valence-electron chi connectivity index (χ4n) is 2.78. The van der Waals surface area contributed by atoms with Gasteiger partial charge in [0.05, 0.1) is 22.8 Å². The zero-order valence-electron chi connectivity index (χ0n) is 19.0. The number of hydrogen-bond donors (Lipinski definition) is 2. The number of alkyl carbamates (subject to hydrolysis) is 1. The first-order chi connectivity index (χ1) is 14.9. The highest BCUT2D eigenvalue weighted by atomic mass is 35.5. The Bertz CT molecular complexity index is 957. The molecular weight excluding hydrogens is 473 g/mol. The zero-order chi connectivity index (χ0) is 24.1. The number of nitrogens with zero attached hydrogens (tertiary/aromatic N) is 1. The van der Waals surface area contributed by atoms with E-state index in [2.05, 4.69) is 24.5 Å². The van der Waals surface area contributed by atoms with E-state index in [4.69, 9.17) is 37.7 Å². The van der Waals surface area contributed by atoms with E-state index < -0.39 is 23.7 Å². The van der Waals surface area contributed by atoms with E-state index in [1.807, 2.05) is 6.07 Å². The summed E-state index contributed by atoms with van der Waals surface area (Å²) in [5.41, 5.74) is 0.976. The summed E-state index contributed by atoms with van der Waals surface area (Å²) in [5.74, 6) is -0.173. The number of hydrogen-bond acceptors (Lipinski definition) is 7. The lowest BCUT2D eigenvalue weighted by atomic mass is 10.0. The lowest BCUT2D eigenvalue weighted by Crippen LogP contribution is -2.47. The molecule has 0 radical (unpaired) electrons. The molecule has 176 valence electrons. The molecule has 0 bridgehead atoms. The minimum Gasteiger partial charge on any atom is -0.467 e. The highest BCUT2D eigenvalue weighted by Gasteiger charge is 2.25. The SMILES string of the molecule is COC(=O)C(CNc1nc(-c2ccc(Cl)c(Cl)c2)c(CC(C)C)s1)NC(=O)OC(C)(C)C. The molecule has 1 atom stereocenters. The Labute approximate surface area is 202 Å². The van der Waals surface area contributed by atoms with Gasteiger partial charge >= 0.3 is 12.1 Å². The quantitative estimate of drug-likeness (QED) is 0.444. The van der Waals surface area contributed by atoms with Crippen molar-refractivity contribution in [1.82, 2.24) is 10.3 Å². The van der Waals surface area contributed by atoms with Gasteiger partial charge in [-0.3, -0.25) is 0 Å². The molecule has 1 aromatic carbocycles. The molecule has 0 aliphatic carbocycles. The van der Waals surface area contributed by atoms with Gasteiger partial charge in [-0.25, -0.2) is 14.6 Å². The number of halogens is 2. The van der Waals surface area contributed by atoms with Gasteiger partial charge in [-0.1, -0.05) is 43.1 Å². The molecule has 10 heteroatoms. The molecule has 32 heavy (non-hydrogen) atoms. The summed E-state index contributed by atoms with van der Waals surface area (Å²) in [5, 5.41) is 7.22. The first kappa shape index (κ1) is 26.2. The second-order valence-electron chi connectivity index (χ2n) is 8.62. The van der Waals surface area contributed by atoms with E-state index in [0.717, 1.165) is 22.6 Å². The number of nitrogens with one attached hydrogen (secondary N) is 2. The van der Waals surface area contributed by atoms with E-state index in [-0.39, 0.29) is 6.54 Å². The topological polar surface area (TPSA) is 89.5 Å². The van der Waals surface area contributed by atoms with Crippen molar-refractivity contribution >= 4 is 51.7 Å². The van der Waals surface area contributed by atoms with Crippen LogP contribution in [0.3, 0.4) is 0 Å². The molecule has 0 aliphatic rings. The number of esters is 1. The lowest BCUT2D eigenvalue weighted by Gasteiger charge is -2.22. The second-order valence-corrected chi connectivity index (χ2v) is 10.5. The highest BCUT2D eigenvalue weighted by molar-refractivity contribution is 7.16. The van der Waals surface area contributed by atoms with Gasteiger partial charge in [-0.15, -0.1) is 11.3 Å². The summed E-state index contributed by atoms with van der Waals surface area (Å²) in [7, 11) is 1.26. The molecule has 1 aromatic heterocycles. The van der Waals surface area contributed by atoms with Crippen molar-refractivity contribution in [2.24, 2.45) is 5.92 Å². The monoisotopic (exact) mass is 501 g/mol. The van der Waals surface area contributed by atoms with Crippen LogP contribution in [-0.2, 0) is 20.7 Å². The molecule has 2 aromatic rings. The van der Waals surface area contributed by atoms with Crippen molar-refractivity contribution < 1.29 is 19.1 Å². The van der Waals surface area contributed by atoms with Crippen molar-refractivity contribution in [3.05, 3.63) is 33.1 Å². The van der Waals surface area contributed by atoms with Gasteiger partial charge in [0.15, 0.2) is 5.13 Å². The first-order valence-corrected chi connectivity index (χ1v) is 11.7. The Morgan fingerprint density at radius 2 is 1.88 bits per heavy atom. The summed E-state index contributed by atoms with van der Waals surface area (Å²) in [4.78, 5) is 30.1. The molecule has 1 unspecified atom stereocenters. The third-order valence-electron chi connectivity index (χ3n) is 4.12. The summed E-state index contributed by atoms with van der Waals surface area (Å²) in [6.45, 7) is 9.57. The number of carbonyl (C=O) groups excluding carboxylic acids is 2. The summed E-state index contributed by atoms with van der Waals surface area (Å²) < 4.78 is 10.1. The van der Waals surface area contributed by atoms with Gasteiger partial charge in [0.2, 0.25) is 0 Å². The number of rotatable bonds is 8. The smallest absolute Gasteiger partial charge is 0.408 e. The van der Waals surface area contributed by atoms with Crippen LogP contribution in [0, 0.1) is 5.92 Å². The van der Waals surface area contributed by atoms with Crippen LogP contribution in [0.25, 0.3) is 11.3 Å². The largest absolute Gasteiger partial charge is 0.467 e. The standard InChI is InChI=1S/C22H29Cl2N3O4S/c1-12(2)9-17-18(13-7-8-14(23)15(24)10-13)27-20(32-17)25-11-16(19(28)30-6)26-21(29)31-22(3,4)5/h7-8,10,12,16H,9,11H2,1-6H3,(H,25,27)(H,26,29). The number of aromatic nitrogens is 1. The van der Waals surface area contributed by atoms with Gasteiger partial charge in [-0.2, -0.15) is 0 Å². The van der Waals surface area contributed by atoms with Gasteiger partial charge in [-0.05, 0) is 45.2 Å². The van der Waals surface area contributed by atoms with Gasteiger partial charge in [0.25, 0.3) is 0 Å². The van der Waals surface area contributed by atoms with E-state index in [1.54, 1.807) is 32.9 Å². The molecule has 0 aliphatic heterocycles. The summed E-state index contributed by atoms with van der Waals surface area (Å²) >= 11 is 13.7. The predicted molar refractivity (Wildman–Crippen MR) is 130 cm³/mol. The third-order valence-corrected chi connectivity index (χ3v) is 5.89. The van der Waals surface area contributed by atoms with Crippen LogP contribution in [0.1, 0.15) is 39.5 Å². The Kier molecular flexibility index (Phi) is 9.18. The minimum atomic E-state index is -0.944. The average Bonchev–Trinajstić information content (AvgIpc) is 3.07. The normalized spacial score (nSPS) is 12.4. The third kappa shape index (κ3) is 7.83.